The molecule has 1 saturated carbocycles. The predicted molar refractivity (Wildman–Crippen MR) is 69.1 cm³/mol. The van der Waals surface area contributed by atoms with Crippen molar-refractivity contribution in [2.75, 3.05) is 6.61 Å². The van der Waals surface area contributed by atoms with Gasteiger partial charge in [-0.25, -0.2) is 0 Å². The minimum atomic E-state index is -0.582. The molecule has 2 aliphatic carbocycles. The third-order valence-corrected chi connectivity index (χ3v) is 5.97. The Morgan fingerprint density at radius 1 is 1.33 bits per heavy atom. The van der Waals surface area contributed by atoms with E-state index >= 15 is 0 Å². The lowest BCUT2D eigenvalue weighted by Crippen LogP contribution is -2.58. The summed E-state index contributed by atoms with van der Waals surface area (Å²) in [5.74, 6) is 0. The third-order valence-electron chi connectivity index (χ3n) is 5.97. The average Bonchev–Trinajstić information content (AvgIpc) is 2.93. The van der Waals surface area contributed by atoms with Crippen LogP contribution in [0.1, 0.15) is 47.0 Å². The van der Waals surface area contributed by atoms with Crippen LogP contribution in [0.3, 0.4) is 0 Å². The quantitative estimate of drug-likeness (QED) is 0.554. The number of ether oxygens (including phenoxy) is 1. The highest BCUT2D eigenvalue weighted by Gasteiger charge is 2.79. The standard InChI is InChI=1S/C15H24O3/c1-12(2)7-6-11(17)14(4)10(12)5-8-13(3)15(14,9-16)18-13/h5,11,16-17H,6-9H2,1-4H3/t11-,13+,14+,15+/m0/s1. The van der Waals surface area contributed by atoms with Crippen LogP contribution in [0.25, 0.3) is 0 Å². The summed E-state index contributed by atoms with van der Waals surface area (Å²) in [6, 6.07) is 0. The van der Waals surface area contributed by atoms with E-state index in [4.69, 9.17) is 4.74 Å². The third kappa shape index (κ3) is 1.12. The van der Waals surface area contributed by atoms with E-state index in [9.17, 15) is 10.2 Å². The van der Waals surface area contributed by atoms with Crippen LogP contribution < -0.4 is 0 Å². The molecule has 3 nitrogen and oxygen atoms in total. The molecule has 0 amide bonds. The van der Waals surface area contributed by atoms with Gasteiger partial charge in [-0.1, -0.05) is 32.4 Å². The maximum absolute atomic E-state index is 10.6. The first-order valence-corrected chi connectivity index (χ1v) is 6.94. The zero-order valence-corrected chi connectivity index (χ0v) is 11.8. The summed E-state index contributed by atoms with van der Waals surface area (Å²) in [6.45, 7) is 8.59. The second kappa shape index (κ2) is 3.20. The lowest BCUT2D eigenvalue weighted by Gasteiger charge is -2.53. The van der Waals surface area contributed by atoms with E-state index in [1.807, 2.05) is 0 Å². The van der Waals surface area contributed by atoms with Gasteiger partial charge in [-0.3, -0.25) is 0 Å². The molecule has 0 aromatic heterocycles. The van der Waals surface area contributed by atoms with Crippen LogP contribution in [0.5, 0.6) is 0 Å². The molecule has 0 spiro atoms. The first-order chi connectivity index (χ1) is 8.23. The summed E-state index contributed by atoms with van der Waals surface area (Å²) in [6.07, 6.45) is 4.44. The molecule has 0 aromatic rings. The Morgan fingerprint density at radius 3 is 2.61 bits per heavy atom. The van der Waals surface area contributed by atoms with Gasteiger partial charge in [-0.05, 0) is 31.6 Å². The molecule has 0 radical (unpaired) electrons. The van der Waals surface area contributed by atoms with Gasteiger partial charge in [0.1, 0.15) is 11.2 Å². The summed E-state index contributed by atoms with van der Waals surface area (Å²) in [5, 5.41) is 20.5. The Kier molecular flexibility index (Phi) is 2.24. The molecule has 2 fully saturated rings. The van der Waals surface area contributed by atoms with Crippen molar-refractivity contribution in [1.82, 2.24) is 0 Å². The molecule has 3 aliphatic rings. The van der Waals surface area contributed by atoms with E-state index in [2.05, 4.69) is 33.8 Å². The molecular formula is C15H24O3. The van der Waals surface area contributed by atoms with Crippen molar-refractivity contribution >= 4 is 0 Å². The van der Waals surface area contributed by atoms with E-state index in [0.717, 1.165) is 19.3 Å². The van der Waals surface area contributed by atoms with E-state index in [1.165, 1.54) is 5.57 Å². The zero-order chi connectivity index (χ0) is 13.4. The van der Waals surface area contributed by atoms with Crippen molar-refractivity contribution in [3.8, 4) is 0 Å². The molecule has 3 heteroatoms. The topological polar surface area (TPSA) is 53.0 Å². The molecule has 1 heterocycles. The van der Waals surface area contributed by atoms with Crippen LogP contribution >= 0.6 is 0 Å². The van der Waals surface area contributed by atoms with Gasteiger partial charge in [0.05, 0.1) is 12.7 Å². The van der Waals surface area contributed by atoms with Crippen LogP contribution in [0.2, 0.25) is 0 Å². The summed E-state index contributed by atoms with van der Waals surface area (Å²) < 4.78 is 5.98. The fraction of sp³-hybridized carbons (Fsp3) is 0.867. The van der Waals surface area contributed by atoms with Crippen molar-refractivity contribution in [2.24, 2.45) is 10.8 Å². The van der Waals surface area contributed by atoms with E-state index < -0.39 is 17.1 Å². The van der Waals surface area contributed by atoms with Gasteiger partial charge in [-0.2, -0.15) is 0 Å². The fourth-order valence-electron chi connectivity index (χ4n) is 4.66. The summed E-state index contributed by atoms with van der Waals surface area (Å²) in [4.78, 5) is 0. The molecule has 2 N–H and O–H groups in total. The minimum Gasteiger partial charge on any atom is -0.393 e. The van der Waals surface area contributed by atoms with Gasteiger partial charge in [0, 0.05) is 5.41 Å². The van der Waals surface area contributed by atoms with E-state index in [-0.39, 0.29) is 17.6 Å². The van der Waals surface area contributed by atoms with Crippen LogP contribution in [-0.2, 0) is 4.74 Å². The molecule has 18 heavy (non-hydrogen) atoms. The first kappa shape index (κ1) is 12.6. The zero-order valence-electron chi connectivity index (χ0n) is 11.8. The first-order valence-electron chi connectivity index (χ1n) is 6.94. The van der Waals surface area contributed by atoms with Gasteiger partial charge >= 0.3 is 0 Å². The number of hydrogen-bond donors (Lipinski definition) is 2. The van der Waals surface area contributed by atoms with Crippen molar-refractivity contribution in [2.45, 2.75) is 64.3 Å². The Bertz CT molecular complexity index is 427. The maximum atomic E-state index is 10.6. The molecule has 0 unspecified atom stereocenters. The summed E-state index contributed by atoms with van der Waals surface area (Å²) in [5.41, 5.74) is 0.0352. The number of epoxide rings is 1. The van der Waals surface area contributed by atoms with Crippen molar-refractivity contribution in [3.63, 3.8) is 0 Å². The normalized spacial score (nSPS) is 53.2. The van der Waals surface area contributed by atoms with Crippen LogP contribution in [0, 0.1) is 10.8 Å². The number of hydrogen-bond acceptors (Lipinski definition) is 3. The number of aliphatic hydroxyl groups excluding tert-OH is 2. The Morgan fingerprint density at radius 2 is 2.00 bits per heavy atom. The van der Waals surface area contributed by atoms with Crippen LogP contribution in [-0.4, -0.2) is 34.1 Å². The lowest BCUT2D eigenvalue weighted by molar-refractivity contribution is -0.0599. The fourth-order valence-corrected chi connectivity index (χ4v) is 4.66. The maximum Gasteiger partial charge on any atom is 0.132 e. The highest BCUT2D eigenvalue weighted by Crippen LogP contribution is 2.70. The smallest absolute Gasteiger partial charge is 0.132 e. The summed E-state index contributed by atoms with van der Waals surface area (Å²) in [7, 11) is 0. The van der Waals surface area contributed by atoms with Crippen LogP contribution in [0.4, 0.5) is 0 Å². The van der Waals surface area contributed by atoms with E-state index in [0.29, 0.717) is 0 Å². The summed E-state index contributed by atoms with van der Waals surface area (Å²) >= 11 is 0. The molecule has 102 valence electrons. The molecule has 0 aromatic carbocycles. The Balaban J connectivity index is 2.16. The number of fused-ring (bicyclic) bond motifs is 3. The van der Waals surface area contributed by atoms with Gasteiger partial charge in [0.2, 0.25) is 0 Å². The molecular weight excluding hydrogens is 228 g/mol. The largest absolute Gasteiger partial charge is 0.393 e. The van der Waals surface area contributed by atoms with Crippen LogP contribution in [0.15, 0.2) is 11.6 Å². The van der Waals surface area contributed by atoms with Gasteiger partial charge in [-0.15, -0.1) is 0 Å². The molecule has 4 atom stereocenters. The van der Waals surface area contributed by atoms with E-state index in [1.54, 1.807) is 0 Å². The minimum absolute atomic E-state index is 0.00944. The van der Waals surface area contributed by atoms with Gasteiger partial charge in [0.15, 0.2) is 0 Å². The predicted octanol–water partition coefficient (Wildman–Crippen LogP) is 2.02. The highest BCUT2D eigenvalue weighted by atomic mass is 16.6. The molecule has 1 saturated heterocycles. The average molecular weight is 252 g/mol. The molecule has 1 aliphatic heterocycles. The monoisotopic (exact) mass is 252 g/mol. The number of rotatable bonds is 1. The molecule has 0 bridgehead atoms. The van der Waals surface area contributed by atoms with Gasteiger partial charge in [0.25, 0.3) is 0 Å². The highest BCUT2D eigenvalue weighted by molar-refractivity contribution is 5.42. The number of aliphatic hydroxyl groups is 2. The Hall–Kier alpha value is -0.380. The second-order valence-corrected chi connectivity index (χ2v) is 7.28. The Labute approximate surface area is 109 Å². The second-order valence-electron chi connectivity index (χ2n) is 7.28. The SMILES string of the molecule is CC1(C)CC[C@H](O)[C@@]2(C)C1=CC[C@@]1(C)O[C@]12CO. The van der Waals surface area contributed by atoms with Crippen molar-refractivity contribution in [1.29, 1.82) is 0 Å². The van der Waals surface area contributed by atoms with Gasteiger partial charge < -0.3 is 14.9 Å². The lowest BCUT2D eigenvalue weighted by atomic mass is 9.50. The van der Waals surface area contributed by atoms with Crippen molar-refractivity contribution < 1.29 is 14.9 Å². The molecule has 3 rings (SSSR count). The van der Waals surface area contributed by atoms with Crippen molar-refractivity contribution in [3.05, 3.63) is 11.6 Å².